The van der Waals surface area contributed by atoms with Crippen molar-refractivity contribution in [3.8, 4) is 11.5 Å². The Labute approximate surface area is 257 Å². The summed E-state index contributed by atoms with van der Waals surface area (Å²) < 4.78 is 21.9. The lowest BCUT2D eigenvalue weighted by Gasteiger charge is -2.23. The minimum Gasteiger partial charge on any atom is -0.486 e. The van der Waals surface area contributed by atoms with Crippen LogP contribution in [0, 0.1) is 0 Å². The largest absolute Gasteiger partial charge is 0.486 e. The summed E-state index contributed by atoms with van der Waals surface area (Å²) in [4.78, 5) is 35.9. The molecule has 1 aliphatic heterocycles. The molecule has 3 N–H and O–H groups in total. The number of aryl methyl sites for hydroxylation is 2. The van der Waals surface area contributed by atoms with Gasteiger partial charge in [-0.15, -0.1) is 0 Å². The van der Waals surface area contributed by atoms with Crippen molar-refractivity contribution in [3.63, 3.8) is 0 Å². The van der Waals surface area contributed by atoms with E-state index in [0.29, 0.717) is 32.6 Å². The molecule has 4 rings (SSSR count). The number of carboxylic acids is 2. The normalized spacial score (nSPS) is 13.7. The summed E-state index contributed by atoms with van der Waals surface area (Å²) in [6.45, 7) is 0.696. The summed E-state index contributed by atoms with van der Waals surface area (Å²) in [5.41, 5.74) is 2.38. The van der Waals surface area contributed by atoms with E-state index in [2.05, 4.69) is 35.6 Å². The molecule has 0 spiro atoms. The second-order valence-electron chi connectivity index (χ2n) is 10.8. The third kappa shape index (κ3) is 10.2. The van der Waals surface area contributed by atoms with Gasteiger partial charge in [0, 0.05) is 13.2 Å². The van der Waals surface area contributed by atoms with E-state index < -0.39 is 36.7 Å². The molecule has 2 unspecified atom stereocenters. The Morgan fingerprint density at radius 3 is 2.16 bits per heavy atom. The SMILES string of the molecule is O=C(O)COC(C(=O)O)C(OCCCCCc1ccc2c(c1)OCCO2)C(=O)NCCCCCc1ccc2ccccc2c1. The van der Waals surface area contributed by atoms with Crippen molar-refractivity contribution in [2.24, 2.45) is 0 Å². The van der Waals surface area contributed by atoms with Crippen molar-refractivity contribution in [3.05, 3.63) is 71.8 Å². The van der Waals surface area contributed by atoms with Crippen molar-refractivity contribution in [2.45, 2.75) is 63.6 Å². The molecule has 1 heterocycles. The standard InChI is InChI=1S/C34H41NO9/c36-30(37)23-44-32(34(39)40)31(43-18-8-2-4-10-25-14-16-28-29(22-25)42-20-19-41-28)33(38)35-17-7-1-3-9-24-13-15-26-11-5-6-12-27(26)21-24/h5-6,11-16,21-22,31-32H,1-4,7-10,17-20,23H2,(H,35,38)(H,36,37)(H,39,40). The molecule has 0 aromatic heterocycles. The first kappa shape index (κ1) is 32.8. The Hall–Kier alpha value is -4.15. The minimum absolute atomic E-state index is 0.130. The predicted octanol–water partition coefficient (Wildman–Crippen LogP) is 4.79. The van der Waals surface area contributed by atoms with Crippen LogP contribution in [0.15, 0.2) is 60.7 Å². The van der Waals surface area contributed by atoms with Gasteiger partial charge in [-0.2, -0.15) is 0 Å². The molecule has 2 atom stereocenters. The molecule has 44 heavy (non-hydrogen) atoms. The van der Waals surface area contributed by atoms with E-state index in [4.69, 9.17) is 24.1 Å². The van der Waals surface area contributed by atoms with Gasteiger partial charge in [0.25, 0.3) is 5.91 Å². The van der Waals surface area contributed by atoms with Crippen LogP contribution < -0.4 is 14.8 Å². The molecule has 0 fully saturated rings. The summed E-state index contributed by atoms with van der Waals surface area (Å²) in [6.07, 6.45) is 3.29. The predicted molar refractivity (Wildman–Crippen MR) is 164 cm³/mol. The third-order valence-electron chi connectivity index (χ3n) is 7.43. The van der Waals surface area contributed by atoms with Gasteiger partial charge in [0.1, 0.15) is 19.8 Å². The van der Waals surface area contributed by atoms with Crippen LogP contribution in [0.3, 0.4) is 0 Å². The highest BCUT2D eigenvalue weighted by Crippen LogP contribution is 2.31. The maximum atomic E-state index is 13.0. The number of hydrogen-bond donors (Lipinski definition) is 3. The monoisotopic (exact) mass is 607 g/mol. The van der Waals surface area contributed by atoms with E-state index in [1.807, 2.05) is 30.3 Å². The molecule has 0 saturated carbocycles. The lowest BCUT2D eigenvalue weighted by atomic mass is 10.0. The number of amides is 1. The van der Waals surface area contributed by atoms with Crippen LogP contribution in [-0.4, -0.2) is 73.2 Å². The van der Waals surface area contributed by atoms with Gasteiger partial charge in [-0.05, 0) is 72.6 Å². The first-order valence-corrected chi connectivity index (χ1v) is 15.2. The Morgan fingerprint density at radius 1 is 0.727 bits per heavy atom. The van der Waals surface area contributed by atoms with Crippen LogP contribution in [0.5, 0.6) is 11.5 Å². The van der Waals surface area contributed by atoms with Gasteiger partial charge < -0.3 is 34.5 Å². The average molecular weight is 608 g/mol. The Morgan fingerprint density at radius 2 is 1.41 bits per heavy atom. The Bertz CT molecular complexity index is 1390. The van der Waals surface area contributed by atoms with E-state index in [0.717, 1.165) is 55.6 Å². The van der Waals surface area contributed by atoms with Gasteiger partial charge in [-0.25, -0.2) is 9.59 Å². The van der Waals surface area contributed by atoms with Crippen LogP contribution in [0.25, 0.3) is 10.8 Å². The number of carbonyl (C=O) groups is 3. The molecule has 1 aliphatic rings. The number of nitrogens with one attached hydrogen (secondary N) is 1. The fraction of sp³-hybridized carbons (Fsp3) is 0.441. The van der Waals surface area contributed by atoms with Gasteiger partial charge in [0.2, 0.25) is 0 Å². The third-order valence-corrected chi connectivity index (χ3v) is 7.43. The number of fused-ring (bicyclic) bond motifs is 2. The maximum absolute atomic E-state index is 13.0. The number of aliphatic carboxylic acids is 2. The number of unbranched alkanes of at least 4 members (excludes halogenated alkanes) is 4. The number of hydrogen-bond acceptors (Lipinski definition) is 7. The highest BCUT2D eigenvalue weighted by molar-refractivity contribution is 5.88. The zero-order valence-electron chi connectivity index (χ0n) is 24.9. The minimum atomic E-state index is -1.74. The molecule has 1 amide bonds. The van der Waals surface area contributed by atoms with Crippen molar-refractivity contribution in [1.82, 2.24) is 5.32 Å². The van der Waals surface area contributed by atoms with E-state index >= 15 is 0 Å². The van der Waals surface area contributed by atoms with Gasteiger partial charge in [0.05, 0.1) is 0 Å². The topological polar surface area (TPSA) is 141 Å². The number of ether oxygens (including phenoxy) is 4. The molecule has 0 radical (unpaired) electrons. The zero-order chi connectivity index (χ0) is 31.1. The number of rotatable bonds is 19. The highest BCUT2D eigenvalue weighted by Gasteiger charge is 2.36. The number of carboxylic acid groups (broad SMARTS) is 2. The highest BCUT2D eigenvalue weighted by atomic mass is 16.6. The molecule has 10 heteroatoms. The second-order valence-corrected chi connectivity index (χ2v) is 10.8. The fourth-order valence-electron chi connectivity index (χ4n) is 5.15. The van der Waals surface area contributed by atoms with Crippen LogP contribution in [0.4, 0.5) is 0 Å². The van der Waals surface area contributed by atoms with E-state index in [1.54, 1.807) is 0 Å². The molecule has 10 nitrogen and oxygen atoms in total. The summed E-state index contributed by atoms with van der Waals surface area (Å²) in [6, 6.07) is 20.6. The molecular weight excluding hydrogens is 566 g/mol. The number of benzene rings is 3. The van der Waals surface area contributed by atoms with Crippen LogP contribution in [0.1, 0.15) is 49.7 Å². The van der Waals surface area contributed by atoms with Gasteiger partial charge >= 0.3 is 11.9 Å². The average Bonchev–Trinajstić information content (AvgIpc) is 3.02. The first-order valence-electron chi connectivity index (χ1n) is 15.2. The van der Waals surface area contributed by atoms with Crippen molar-refractivity contribution in [2.75, 3.05) is 33.0 Å². The van der Waals surface area contributed by atoms with Crippen molar-refractivity contribution in [1.29, 1.82) is 0 Å². The summed E-state index contributed by atoms with van der Waals surface area (Å²) >= 11 is 0. The van der Waals surface area contributed by atoms with Gasteiger partial charge in [-0.3, -0.25) is 4.79 Å². The second kappa shape index (κ2) is 17.2. The van der Waals surface area contributed by atoms with E-state index in [1.165, 1.54) is 16.3 Å². The molecule has 0 bridgehead atoms. The molecule has 0 aliphatic carbocycles. The molecule has 3 aromatic rings. The van der Waals surface area contributed by atoms with Crippen LogP contribution in [0.2, 0.25) is 0 Å². The Balaban J connectivity index is 1.19. The van der Waals surface area contributed by atoms with Crippen LogP contribution in [-0.2, 0) is 36.7 Å². The van der Waals surface area contributed by atoms with Crippen molar-refractivity contribution >= 4 is 28.6 Å². The maximum Gasteiger partial charge on any atom is 0.336 e. The Kier molecular flexibility index (Phi) is 12.8. The van der Waals surface area contributed by atoms with E-state index in [-0.39, 0.29) is 6.61 Å². The molecule has 0 saturated heterocycles. The quantitative estimate of drug-likeness (QED) is 0.164. The van der Waals surface area contributed by atoms with Gasteiger partial charge in [0.15, 0.2) is 23.7 Å². The van der Waals surface area contributed by atoms with Crippen molar-refractivity contribution < 1.29 is 43.5 Å². The first-order chi connectivity index (χ1) is 21.4. The molecule has 236 valence electrons. The van der Waals surface area contributed by atoms with Crippen LogP contribution >= 0.6 is 0 Å². The molecular formula is C34H41NO9. The zero-order valence-corrected chi connectivity index (χ0v) is 24.9. The van der Waals surface area contributed by atoms with Gasteiger partial charge in [-0.1, -0.05) is 61.4 Å². The summed E-state index contributed by atoms with van der Waals surface area (Å²) in [5.74, 6) is -1.93. The van der Waals surface area contributed by atoms with E-state index in [9.17, 15) is 19.5 Å². The molecule has 3 aromatic carbocycles. The lowest BCUT2D eigenvalue weighted by Crippen LogP contribution is -2.49. The summed E-state index contributed by atoms with van der Waals surface area (Å²) in [7, 11) is 0. The summed E-state index contributed by atoms with van der Waals surface area (Å²) in [5, 5.41) is 23.8. The smallest absolute Gasteiger partial charge is 0.336 e. The number of carbonyl (C=O) groups excluding carboxylic acids is 1. The fourth-order valence-corrected chi connectivity index (χ4v) is 5.15. The lowest BCUT2D eigenvalue weighted by molar-refractivity contribution is -0.172.